The quantitative estimate of drug-likeness (QED) is 0.546. The fourth-order valence-electron chi connectivity index (χ4n) is 4.68. The average molecular weight is 448 g/mol. The van der Waals surface area contributed by atoms with Crippen molar-refractivity contribution >= 4 is 22.9 Å². The van der Waals surface area contributed by atoms with E-state index in [0.717, 1.165) is 12.1 Å². The standard InChI is InChI=1S/C27H33N3O3/c1-4-28-19-24(22-8-6-7-9-25(22)28)23(21-12-10-20(3)11-13-21)18-26(31)29-14-16-30(17-15-29)27(32)33-5-2/h6-13,19,23H,4-5,14-18H2,1-3H3/t23-/m1/s1. The number of hydrogen-bond acceptors (Lipinski definition) is 3. The monoisotopic (exact) mass is 447 g/mol. The molecule has 2 aromatic carbocycles. The first-order valence-electron chi connectivity index (χ1n) is 11.9. The second kappa shape index (κ2) is 10.1. The third kappa shape index (κ3) is 4.90. The second-order valence-corrected chi connectivity index (χ2v) is 8.62. The molecule has 6 heteroatoms. The van der Waals surface area contributed by atoms with Gasteiger partial charge in [-0.1, -0.05) is 48.0 Å². The van der Waals surface area contributed by atoms with E-state index < -0.39 is 0 Å². The van der Waals surface area contributed by atoms with Gasteiger partial charge >= 0.3 is 6.09 Å². The Morgan fingerprint density at radius 2 is 1.61 bits per heavy atom. The lowest BCUT2D eigenvalue weighted by atomic mass is 9.87. The van der Waals surface area contributed by atoms with Gasteiger partial charge < -0.3 is 19.1 Å². The van der Waals surface area contributed by atoms with E-state index in [1.54, 1.807) is 11.8 Å². The Labute approximate surface area is 195 Å². The Morgan fingerprint density at radius 1 is 0.939 bits per heavy atom. The van der Waals surface area contributed by atoms with E-state index in [9.17, 15) is 9.59 Å². The Bertz CT molecular complexity index is 1110. The normalized spacial score (nSPS) is 15.0. The maximum Gasteiger partial charge on any atom is 0.409 e. The first-order valence-corrected chi connectivity index (χ1v) is 11.9. The van der Waals surface area contributed by atoms with Gasteiger partial charge in [0.05, 0.1) is 6.61 Å². The number of carbonyl (C=O) groups excluding carboxylic acids is 2. The molecule has 33 heavy (non-hydrogen) atoms. The molecular formula is C27H33N3O3. The van der Waals surface area contributed by atoms with Crippen molar-refractivity contribution < 1.29 is 14.3 Å². The molecule has 1 aliphatic rings. The molecule has 1 saturated heterocycles. The van der Waals surface area contributed by atoms with Crippen molar-refractivity contribution in [2.24, 2.45) is 0 Å². The lowest BCUT2D eigenvalue weighted by Gasteiger charge is -2.34. The Balaban J connectivity index is 1.59. The highest BCUT2D eigenvalue weighted by Crippen LogP contribution is 2.35. The number of hydrogen-bond donors (Lipinski definition) is 0. The van der Waals surface area contributed by atoms with Crippen LogP contribution in [-0.2, 0) is 16.1 Å². The summed E-state index contributed by atoms with van der Waals surface area (Å²) in [6, 6.07) is 16.9. The number of fused-ring (bicyclic) bond motifs is 1. The number of piperazine rings is 1. The Kier molecular flexibility index (Phi) is 7.02. The van der Waals surface area contributed by atoms with E-state index in [-0.39, 0.29) is 17.9 Å². The van der Waals surface area contributed by atoms with Gasteiger partial charge in [0.1, 0.15) is 0 Å². The van der Waals surface area contributed by atoms with E-state index in [2.05, 4.69) is 73.1 Å². The summed E-state index contributed by atoms with van der Waals surface area (Å²) in [7, 11) is 0. The SMILES string of the molecule is CCOC(=O)N1CCN(C(=O)C[C@H](c2ccc(C)cc2)c2cn(CC)c3ccccc23)CC1. The molecule has 3 aromatic rings. The fraction of sp³-hybridized carbons (Fsp3) is 0.407. The largest absolute Gasteiger partial charge is 0.450 e. The zero-order valence-electron chi connectivity index (χ0n) is 19.8. The molecule has 0 saturated carbocycles. The van der Waals surface area contributed by atoms with Crippen molar-refractivity contribution in [3.05, 3.63) is 71.4 Å². The van der Waals surface area contributed by atoms with Crippen LogP contribution < -0.4 is 0 Å². The number of ether oxygens (including phenoxy) is 1. The van der Waals surface area contributed by atoms with Crippen molar-refractivity contribution in [3.8, 4) is 0 Å². The molecule has 1 aromatic heterocycles. The van der Waals surface area contributed by atoms with Crippen LogP contribution in [0.1, 0.15) is 42.9 Å². The van der Waals surface area contributed by atoms with E-state index >= 15 is 0 Å². The molecule has 0 spiro atoms. The molecule has 1 atom stereocenters. The van der Waals surface area contributed by atoms with Crippen LogP contribution in [0.5, 0.6) is 0 Å². The first kappa shape index (κ1) is 22.9. The van der Waals surface area contributed by atoms with Crippen LogP contribution in [0.25, 0.3) is 10.9 Å². The summed E-state index contributed by atoms with van der Waals surface area (Å²) in [5.41, 5.74) is 4.74. The number of amides is 2. The minimum atomic E-state index is -0.297. The van der Waals surface area contributed by atoms with Gasteiger partial charge in [-0.05, 0) is 38.0 Å². The highest BCUT2D eigenvalue weighted by Gasteiger charge is 2.28. The minimum absolute atomic E-state index is 0.0288. The maximum absolute atomic E-state index is 13.4. The van der Waals surface area contributed by atoms with Gasteiger partial charge in [0, 0.05) is 62.2 Å². The van der Waals surface area contributed by atoms with Gasteiger partial charge in [-0.3, -0.25) is 4.79 Å². The lowest BCUT2D eigenvalue weighted by molar-refractivity contribution is -0.133. The molecular weight excluding hydrogens is 414 g/mol. The van der Waals surface area contributed by atoms with Crippen LogP contribution in [0, 0.1) is 6.92 Å². The number of benzene rings is 2. The zero-order chi connectivity index (χ0) is 23.4. The van der Waals surface area contributed by atoms with E-state index in [1.807, 2.05) is 4.90 Å². The predicted octanol–water partition coefficient (Wildman–Crippen LogP) is 4.79. The summed E-state index contributed by atoms with van der Waals surface area (Å²) in [5, 5.41) is 1.20. The third-order valence-corrected chi connectivity index (χ3v) is 6.55. The smallest absolute Gasteiger partial charge is 0.409 e. The predicted molar refractivity (Wildman–Crippen MR) is 130 cm³/mol. The highest BCUT2D eigenvalue weighted by molar-refractivity contribution is 5.87. The number of rotatable bonds is 6. The Morgan fingerprint density at radius 3 is 2.27 bits per heavy atom. The van der Waals surface area contributed by atoms with Gasteiger partial charge in [-0.25, -0.2) is 4.79 Å². The third-order valence-electron chi connectivity index (χ3n) is 6.55. The molecule has 6 nitrogen and oxygen atoms in total. The average Bonchev–Trinajstić information content (AvgIpc) is 3.22. The number of aryl methyl sites for hydroxylation is 2. The summed E-state index contributed by atoms with van der Waals surface area (Å²) < 4.78 is 7.36. The molecule has 0 unspecified atom stereocenters. The summed E-state index contributed by atoms with van der Waals surface area (Å²) in [4.78, 5) is 29.0. The molecule has 0 radical (unpaired) electrons. The molecule has 0 bridgehead atoms. The number of aromatic nitrogens is 1. The molecule has 4 rings (SSSR count). The van der Waals surface area contributed by atoms with Gasteiger partial charge in [-0.2, -0.15) is 0 Å². The molecule has 0 aliphatic carbocycles. The zero-order valence-corrected chi connectivity index (χ0v) is 19.8. The Hall–Kier alpha value is -3.28. The van der Waals surface area contributed by atoms with Crippen LogP contribution in [0.2, 0.25) is 0 Å². The molecule has 2 heterocycles. The molecule has 1 aliphatic heterocycles. The van der Waals surface area contributed by atoms with Crippen molar-refractivity contribution in [1.29, 1.82) is 0 Å². The summed E-state index contributed by atoms with van der Waals surface area (Å²) in [6.07, 6.45) is 2.32. The topological polar surface area (TPSA) is 54.8 Å². The molecule has 174 valence electrons. The van der Waals surface area contributed by atoms with Crippen molar-refractivity contribution in [2.75, 3.05) is 32.8 Å². The lowest BCUT2D eigenvalue weighted by Crippen LogP contribution is -2.50. The van der Waals surface area contributed by atoms with Crippen molar-refractivity contribution in [3.63, 3.8) is 0 Å². The fourth-order valence-corrected chi connectivity index (χ4v) is 4.68. The van der Waals surface area contributed by atoms with E-state index in [4.69, 9.17) is 4.74 Å². The van der Waals surface area contributed by atoms with Crippen molar-refractivity contribution in [2.45, 2.75) is 39.7 Å². The van der Waals surface area contributed by atoms with Crippen LogP contribution >= 0.6 is 0 Å². The number of para-hydroxylation sites is 1. The van der Waals surface area contributed by atoms with Crippen molar-refractivity contribution in [1.82, 2.24) is 14.4 Å². The second-order valence-electron chi connectivity index (χ2n) is 8.62. The summed E-state index contributed by atoms with van der Waals surface area (Å²) in [6.45, 7) is 9.36. The molecule has 1 fully saturated rings. The molecule has 2 amide bonds. The van der Waals surface area contributed by atoms with Crippen LogP contribution in [0.4, 0.5) is 4.79 Å². The first-order chi connectivity index (χ1) is 16.0. The van der Waals surface area contributed by atoms with E-state index in [0.29, 0.717) is 39.2 Å². The molecule has 0 N–H and O–H groups in total. The summed E-state index contributed by atoms with van der Waals surface area (Å²) in [5.74, 6) is 0.0938. The maximum atomic E-state index is 13.4. The highest BCUT2D eigenvalue weighted by atomic mass is 16.6. The van der Waals surface area contributed by atoms with Gasteiger partial charge in [0.15, 0.2) is 0 Å². The number of carbonyl (C=O) groups is 2. The van der Waals surface area contributed by atoms with Gasteiger partial charge in [0.25, 0.3) is 0 Å². The summed E-state index contributed by atoms with van der Waals surface area (Å²) >= 11 is 0. The van der Waals surface area contributed by atoms with Gasteiger partial charge in [0.2, 0.25) is 5.91 Å². The minimum Gasteiger partial charge on any atom is -0.450 e. The van der Waals surface area contributed by atoms with E-state index in [1.165, 1.54) is 22.0 Å². The van der Waals surface area contributed by atoms with Crippen LogP contribution in [0.15, 0.2) is 54.7 Å². The number of nitrogens with zero attached hydrogens (tertiary/aromatic N) is 3. The van der Waals surface area contributed by atoms with Crippen LogP contribution in [-0.4, -0.2) is 59.2 Å². The van der Waals surface area contributed by atoms with Crippen LogP contribution in [0.3, 0.4) is 0 Å². The van der Waals surface area contributed by atoms with Gasteiger partial charge in [-0.15, -0.1) is 0 Å².